The van der Waals surface area contributed by atoms with Crippen molar-refractivity contribution >= 4 is 23.6 Å². The monoisotopic (exact) mass is 547 g/mol. The lowest BCUT2D eigenvalue weighted by Crippen LogP contribution is -2.47. The lowest BCUT2D eigenvalue weighted by Gasteiger charge is -2.32. The van der Waals surface area contributed by atoms with E-state index in [1.807, 2.05) is 44.2 Å². The van der Waals surface area contributed by atoms with Crippen molar-refractivity contribution in [3.05, 3.63) is 64.7 Å². The molecule has 2 aromatic carbocycles. The van der Waals surface area contributed by atoms with Gasteiger partial charge in [0.15, 0.2) is 0 Å². The number of ether oxygens (including phenoxy) is 1. The van der Waals surface area contributed by atoms with Crippen molar-refractivity contribution in [2.45, 2.75) is 91.7 Å². The summed E-state index contributed by atoms with van der Waals surface area (Å²) < 4.78 is 5.31. The van der Waals surface area contributed by atoms with Gasteiger partial charge in [0.1, 0.15) is 18.2 Å². The molecule has 3 amide bonds. The molecule has 0 fully saturated rings. The van der Waals surface area contributed by atoms with Crippen molar-refractivity contribution in [2.75, 3.05) is 18.4 Å². The van der Waals surface area contributed by atoms with Gasteiger partial charge < -0.3 is 20.3 Å². The van der Waals surface area contributed by atoms with Gasteiger partial charge in [0.05, 0.1) is 0 Å². The number of para-hydroxylation sites is 1. The number of carbonyl (C=O) groups excluding carboxylic acids is 3. The van der Waals surface area contributed by atoms with Crippen LogP contribution >= 0.6 is 0 Å². The third kappa shape index (κ3) is 10.1. The molecule has 0 saturated carbocycles. The number of hydrogen-bond donors (Lipinski definition) is 2. The first-order valence-electron chi connectivity index (χ1n) is 14.2. The SMILES string of the molecule is C#Cc1ccccc1C(C(=O)Nc1c(C)cccc1C)N(CCCCCCCC)C(=O)CNC(=O)OC(C)(C)C. The number of nitrogens with one attached hydrogen (secondary N) is 2. The van der Waals surface area contributed by atoms with E-state index in [2.05, 4.69) is 23.5 Å². The number of amides is 3. The number of alkyl carbamates (subject to hydrolysis) is 1. The molecule has 2 N–H and O–H groups in total. The van der Waals surface area contributed by atoms with E-state index in [1.54, 1.807) is 32.9 Å². The van der Waals surface area contributed by atoms with Crippen molar-refractivity contribution in [2.24, 2.45) is 0 Å². The zero-order valence-electron chi connectivity index (χ0n) is 24.9. The number of anilines is 1. The third-order valence-corrected chi connectivity index (χ3v) is 6.56. The minimum Gasteiger partial charge on any atom is -0.444 e. The molecule has 1 unspecified atom stereocenters. The van der Waals surface area contributed by atoms with Crippen molar-refractivity contribution in [1.82, 2.24) is 10.2 Å². The van der Waals surface area contributed by atoms with E-state index in [1.165, 1.54) is 11.3 Å². The van der Waals surface area contributed by atoms with Crippen LogP contribution in [0.1, 0.15) is 94.5 Å². The maximum atomic E-state index is 14.0. The van der Waals surface area contributed by atoms with Gasteiger partial charge >= 0.3 is 6.09 Å². The largest absolute Gasteiger partial charge is 0.444 e. The van der Waals surface area contributed by atoms with Crippen LogP contribution in [0.4, 0.5) is 10.5 Å². The Labute approximate surface area is 240 Å². The first kappa shape index (κ1) is 32.4. The minimum absolute atomic E-state index is 0.309. The van der Waals surface area contributed by atoms with Gasteiger partial charge in [-0.3, -0.25) is 9.59 Å². The Balaban J connectivity index is 2.44. The van der Waals surface area contributed by atoms with Crippen LogP contribution in [0.15, 0.2) is 42.5 Å². The van der Waals surface area contributed by atoms with Crippen LogP contribution < -0.4 is 10.6 Å². The quantitative estimate of drug-likeness (QED) is 0.216. The molecule has 0 saturated heterocycles. The molecule has 0 aliphatic rings. The Bertz CT molecular complexity index is 1170. The fraction of sp³-hybridized carbons (Fsp3) is 0.485. The topological polar surface area (TPSA) is 87.7 Å². The number of hydrogen-bond acceptors (Lipinski definition) is 4. The Morgan fingerprint density at radius 2 is 1.57 bits per heavy atom. The zero-order valence-corrected chi connectivity index (χ0v) is 24.9. The maximum absolute atomic E-state index is 14.0. The van der Waals surface area contributed by atoms with Crippen LogP contribution in [0.5, 0.6) is 0 Å². The van der Waals surface area contributed by atoms with Crippen molar-refractivity contribution in [3.63, 3.8) is 0 Å². The highest BCUT2D eigenvalue weighted by atomic mass is 16.6. The van der Waals surface area contributed by atoms with Crippen LogP contribution in [0.2, 0.25) is 0 Å². The van der Waals surface area contributed by atoms with Gasteiger partial charge in [0.25, 0.3) is 5.91 Å². The summed E-state index contributed by atoms with van der Waals surface area (Å²) in [7, 11) is 0. The summed E-state index contributed by atoms with van der Waals surface area (Å²) in [6.45, 7) is 11.3. The first-order chi connectivity index (χ1) is 19.0. The lowest BCUT2D eigenvalue weighted by atomic mass is 9.97. The smallest absolute Gasteiger partial charge is 0.408 e. The molecular formula is C33H45N3O4. The number of aryl methyl sites for hydroxylation is 2. The van der Waals surface area contributed by atoms with Crippen LogP contribution in [-0.4, -0.2) is 41.5 Å². The molecule has 0 heterocycles. The Kier molecular flexibility index (Phi) is 12.7. The van der Waals surface area contributed by atoms with Crippen LogP contribution in [0.3, 0.4) is 0 Å². The molecule has 40 heavy (non-hydrogen) atoms. The predicted octanol–water partition coefficient (Wildman–Crippen LogP) is 6.68. The van der Waals surface area contributed by atoms with Gasteiger partial charge in [-0.25, -0.2) is 4.79 Å². The van der Waals surface area contributed by atoms with E-state index >= 15 is 0 Å². The molecule has 0 aliphatic heterocycles. The van der Waals surface area contributed by atoms with Crippen molar-refractivity contribution in [1.29, 1.82) is 0 Å². The number of nitrogens with zero attached hydrogens (tertiary/aromatic N) is 1. The van der Waals surface area contributed by atoms with Gasteiger partial charge in [-0.1, -0.05) is 81.3 Å². The molecule has 0 aliphatic carbocycles. The number of terminal acetylenes is 1. The Morgan fingerprint density at radius 3 is 2.20 bits per heavy atom. The van der Waals surface area contributed by atoms with Gasteiger partial charge in [-0.15, -0.1) is 6.42 Å². The average molecular weight is 548 g/mol. The second-order valence-corrected chi connectivity index (χ2v) is 11.1. The van der Waals surface area contributed by atoms with Crippen molar-refractivity contribution in [3.8, 4) is 12.3 Å². The molecule has 7 heteroatoms. The molecule has 7 nitrogen and oxygen atoms in total. The molecular weight excluding hydrogens is 502 g/mol. The summed E-state index contributed by atoms with van der Waals surface area (Å²) in [5, 5.41) is 5.62. The summed E-state index contributed by atoms with van der Waals surface area (Å²) >= 11 is 0. The maximum Gasteiger partial charge on any atom is 0.408 e. The molecule has 0 bridgehead atoms. The van der Waals surface area contributed by atoms with E-state index in [4.69, 9.17) is 11.2 Å². The van der Waals surface area contributed by atoms with Gasteiger partial charge in [-0.05, 0) is 63.8 Å². The Hall–Kier alpha value is -3.79. The van der Waals surface area contributed by atoms with Crippen LogP contribution in [-0.2, 0) is 14.3 Å². The molecule has 0 aromatic heterocycles. The normalized spacial score (nSPS) is 11.7. The van der Waals surface area contributed by atoms with Crippen LogP contribution in [0.25, 0.3) is 0 Å². The number of carbonyl (C=O) groups is 3. The van der Waals surface area contributed by atoms with E-state index in [0.717, 1.165) is 36.8 Å². The molecule has 2 aromatic rings. The van der Waals surface area contributed by atoms with E-state index in [0.29, 0.717) is 29.8 Å². The highest BCUT2D eigenvalue weighted by Gasteiger charge is 2.33. The molecule has 1 atom stereocenters. The molecule has 0 radical (unpaired) electrons. The second kappa shape index (κ2) is 15.7. The van der Waals surface area contributed by atoms with Crippen molar-refractivity contribution < 1.29 is 19.1 Å². The summed E-state index contributed by atoms with van der Waals surface area (Å²) in [6.07, 6.45) is 11.3. The number of rotatable bonds is 13. The number of unbranched alkanes of at least 4 members (excludes halogenated alkanes) is 5. The van der Waals surface area contributed by atoms with Gasteiger partial charge in [0, 0.05) is 17.8 Å². The van der Waals surface area contributed by atoms with E-state index in [-0.39, 0.29) is 12.5 Å². The molecule has 216 valence electrons. The summed E-state index contributed by atoms with van der Waals surface area (Å²) in [4.78, 5) is 41.6. The summed E-state index contributed by atoms with van der Waals surface area (Å²) in [5.74, 6) is 1.91. The minimum atomic E-state index is -0.991. The van der Waals surface area contributed by atoms with Gasteiger partial charge in [-0.2, -0.15) is 0 Å². The number of benzene rings is 2. The second-order valence-electron chi connectivity index (χ2n) is 11.1. The lowest BCUT2D eigenvalue weighted by molar-refractivity contribution is -0.138. The fourth-order valence-corrected chi connectivity index (χ4v) is 4.54. The summed E-state index contributed by atoms with van der Waals surface area (Å²) in [5.41, 5.74) is 2.92. The highest BCUT2D eigenvalue weighted by molar-refractivity contribution is 5.99. The zero-order chi connectivity index (χ0) is 29.7. The fourth-order valence-electron chi connectivity index (χ4n) is 4.54. The highest BCUT2D eigenvalue weighted by Crippen LogP contribution is 2.29. The molecule has 2 rings (SSSR count). The van der Waals surface area contributed by atoms with Gasteiger partial charge in [0.2, 0.25) is 5.91 Å². The molecule has 0 spiro atoms. The van der Waals surface area contributed by atoms with E-state index in [9.17, 15) is 14.4 Å². The average Bonchev–Trinajstić information content (AvgIpc) is 2.89. The Morgan fingerprint density at radius 1 is 0.950 bits per heavy atom. The van der Waals surface area contributed by atoms with E-state index < -0.39 is 23.6 Å². The standard InChI is InChI=1S/C33H45N3O4/c1-8-10-11-12-13-16-22-36(28(37)23-34-32(39)40-33(5,6)7)30(27-21-15-14-20-26(27)9-2)31(38)35-29-24(3)18-17-19-25(29)4/h2,14-15,17-21,30H,8,10-13,16,22-23H2,1,3-7H3,(H,34,39)(H,35,38). The first-order valence-corrected chi connectivity index (χ1v) is 14.2. The third-order valence-electron chi connectivity index (χ3n) is 6.56. The summed E-state index contributed by atoms with van der Waals surface area (Å²) in [6, 6.07) is 12.0. The predicted molar refractivity (Wildman–Crippen MR) is 161 cm³/mol. The van der Waals surface area contributed by atoms with Crippen LogP contribution in [0, 0.1) is 26.2 Å².